The fraction of sp³-hybridized carbons (Fsp3) is 0.481. The molecular weight excluding hydrogens is 483 g/mol. The second-order valence-electron chi connectivity index (χ2n) is 10.6. The number of aromatic amines is 1. The largest absolute Gasteiger partial charge is 0.512 e. The van der Waals surface area contributed by atoms with Crippen LogP contribution in [0.1, 0.15) is 56.3 Å². The molecule has 36 heavy (non-hydrogen) atoms. The minimum atomic E-state index is -1.10. The molecule has 2 atom stereocenters. The third-order valence-electron chi connectivity index (χ3n) is 8.19. The van der Waals surface area contributed by atoms with Crippen LogP contribution in [0.5, 0.6) is 0 Å². The van der Waals surface area contributed by atoms with Crippen molar-refractivity contribution in [2.45, 2.75) is 57.0 Å². The molecule has 0 saturated carbocycles. The number of likely N-dealkylation sites (tertiary alicyclic amines) is 1. The summed E-state index contributed by atoms with van der Waals surface area (Å²) in [5, 5.41) is 11.1. The van der Waals surface area contributed by atoms with Crippen LogP contribution in [-0.2, 0) is 11.2 Å². The molecule has 0 radical (unpaired) electrons. The number of nitrogens with zero attached hydrogens (tertiary/aromatic N) is 3. The van der Waals surface area contributed by atoms with Crippen molar-refractivity contribution in [1.82, 2.24) is 19.7 Å². The Balaban J connectivity index is 1.42. The van der Waals surface area contributed by atoms with E-state index in [0.717, 1.165) is 48.3 Å². The molecule has 2 N–H and O–H groups in total. The van der Waals surface area contributed by atoms with Crippen molar-refractivity contribution in [3.63, 3.8) is 0 Å². The van der Waals surface area contributed by atoms with Crippen LogP contribution in [-0.4, -0.2) is 68.4 Å². The zero-order valence-electron chi connectivity index (χ0n) is 20.3. The standard InChI is InChI=1S/C27H30ClFN4O3/c1-27-15-19-18-13-20(28)21(29)14-22(18)30-23(19)24(16-6-4-7-17(34)12-16)33(27)26(36)32(25(27)35)11-5-10-31-8-2-3-9-31/h6,12-14,24,30,34H,2-5,7-11,15H2,1H3/t24-,27+/m1/s1. The summed E-state index contributed by atoms with van der Waals surface area (Å²) in [6.45, 7) is 5.21. The Morgan fingerprint density at radius 1 is 1.22 bits per heavy atom. The smallest absolute Gasteiger partial charge is 0.328 e. The van der Waals surface area contributed by atoms with E-state index in [0.29, 0.717) is 31.3 Å². The summed E-state index contributed by atoms with van der Waals surface area (Å²) in [6.07, 6.45) is 8.30. The number of carbonyl (C=O) groups is 2. The van der Waals surface area contributed by atoms with Crippen molar-refractivity contribution >= 4 is 34.4 Å². The molecule has 9 heteroatoms. The Labute approximate surface area is 214 Å². The number of benzene rings is 1. The number of hydrogen-bond acceptors (Lipinski definition) is 4. The maximum Gasteiger partial charge on any atom is 0.328 e. The van der Waals surface area contributed by atoms with Gasteiger partial charge in [0, 0.05) is 36.0 Å². The molecule has 2 saturated heterocycles. The molecule has 1 aliphatic carbocycles. The molecule has 1 aromatic carbocycles. The molecular formula is C27H30ClFN4O3. The van der Waals surface area contributed by atoms with Crippen LogP contribution in [0.2, 0.25) is 5.02 Å². The van der Waals surface area contributed by atoms with Crippen LogP contribution in [0.3, 0.4) is 0 Å². The predicted molar refractivity (Wildman–Crippen MR) is 135 cm³/mol. The number of aliphatic hydroxyl groups is 1. The number of hydrogen-bond donors (Lipinski definition) is 2. The second-order valence-corrected chi connectivity index (χ2v) is 11.0. The van der Waals surface area contributed by atoms with E-state index in [-0.39, 0.29) is 22.7 Å². The van der Waals surface area contributed by atoms with Gasteiger partial charge in [-0.3, -0.25) is 14.6 Å². The minimum absolute atomic E-state index is 0.0141. The summed E-state index contributed by atoms with van der Waals surface area (Å²) < 4.78 is 14.3. The number of carbonyl (C=O) groups excluding carboxylic acids is 2. The van der Waals surface area contributed by atoms with Gasteiger partial charge in [-0.1, -0.05) is 17.7 Å². The van der Waals surface area contributed by atoms with Gasteiger partial charge in [0.1, 0.15) is 17.4 Å². The highest BCUT2D eigenvalue weighted by Crippen LogP contribution is 2.50. The Morgan fingerprint density at radius 2 is 2.00 bits per heavy atom. The van der Waals surface area contributed by atoms with E-state index in [1.54, 1.807) is 17.0 Å². The van der Waals surface area contributed by atoms with Gasteiger partial charge in [0.2, 0.25) is 0 Å². The summed E-state index contributed by atoms with van der Waals surface area (Å²) in [6, 6.07) is 2.03. The molecule has 2 fully saturated rings. The number of aromatic nitrogens is 1. The van der Waals surface area contributed by atoms with E-state index < -0.39 is 17.4 Å². The number of aliphatic hydroxyl groups excluding tert-OH is 1. The summed E-state index contributed by atoms with van der Waals surface area (Å²) >= 11 is 6.14. The lowest BCUT2D eigenvalue weighted by molar-refractivity contribution is -0.133. The van der Waals surface area contributed by atoms with Crippen molar-refractivity contribution in [1.29, 1.82) is 0 Å². The average molecular weight is 513 g/mol. The number of nitrogens with one attached hydrogen (secondary N) is 1. The first-order chi connectivity index (χ1) is 17.3. The maximum absolute atomic E-state index is 14.3. The SMILES string of the molecule is C[C@@]12Cc3c([nH]c4cc(F)c(Cl)cc34)[C@@H](C3=CCCC(O)=C3)N1C(=O)N(CCCN1CCCC1)C2=O. The van der Waals surface area contributed by atoms with Gasteiger partial charge in [-0.15, -0.1) is 0 Å². The zero-order chi connectivity index (χ0) is 25.2. The van der Waals surface area contributed by atoms with Gasteiger partial charge in [-0.05, 0) is 81.6 Å². The summed E-state index contributed by atoms with van der Waals surface area (Å²) in [4.78, 5) is 36.5. The van der Waals surface area contributed by atoms with Gasteiger partial charge in [-0.25, -0.2) is 9.18 Å². The topological polar surface area (TPSA) is 79.9 Å². The van der Waals surface area contributed by atoms with E-state index in [1.807, 2.05) is 13.0 Å². The number of halogens is 2. The van der Waals surface area contributed by atoms with Crippen molar-refractivity contribution in [3.05, 3.63) is 57.7 Å². The molecule has 0 spiro atoms. The fourth-order valence-corrected chi connectivity index (χ4v) is 6.58. The second kappa shape index (κ2) is 8.63. The molecule has 2 aromatic rings. The lowest BCUT2D eigenvalue weighted by atomic mass is 9.80. The highest BCUT2D eigenvalue weighted by Gasteiger charge is 2.60. The van der Waals surface area contributed by atoms with E-state index in [1.165, 1.54) is 23.8 Å². The Morgan fingerprint density at radius 3 is 2.75 bits per heavy atom. The fourth-order valence-electron chi connectivity index (χ4n) is 6.41. The highest BCUT2D eigenvalue weighted by molar-refractivity contribution is 6.31. The van der Waals surface area contributed by atoms with Gasteiger partial charge >= 0.3 is 6.03 Å². The third kappa shape index (κ3) is 3.57. The number of amides is 3. The Kier molecular flexibility index (Phi) is 5.64. The summed E-state index contributed by atoms with van der Waals surface area (Å²) in [5.74, 6) is -0.500. The predicted octanol–water partition coefficient (Wildman–Crippen LogP) is 5.23. The lowest BCUT2D eigenvalue weighted by Gasteiger charge is -2.43. The number of urea groups is 1. The number of H-pyrrole nitrogens is 1. The van der Waals surface area contributed by atoms with Crippen LogP contribution in [0, 0.1) is 5.82 Å². The molecule has 0 unspecified atom stereocenters. The zero-order valence-corrected chi connectivity index (χ0v) is 21.1. The summed E-state index contributed by atoms with van der Waals surface area (Å²) in [5.41, 5.74) is 1.82. The first kappa shape index (κ1) is 23.6. The molecule has 4 heterocycles. The number of imide groups is 1. The molecule has 1 aromatic heterocycles. The maximum atomic E-state index is 14.3. The number of fused-ring (bicyclic) bond motifs is 4. The average Bonchev–Trinajstić information content (AvgIpc) is 3.52. The molecule has 3 amide bonds. The normalized spacial score (nSPS) is 26.5. The first-order valence-corrected chi connectivity index (χ1v) is 13.1. The minimum Gasteiger partial charge on any atom is -0.512 e. The molecule has 190 valence electrons. The van der Waals surface area contributed by atoms with E-state index >= 15 is 0 Å². The highest BCUT2D eigenvalue weighted by atomic mass is 35.5. The van der Waals surface area contributed by atoms with Gasteiger partial charge in [0.25, 0.3) is 5.91 Å². The lowest BCUT2D eigenvalue weighted by Crippen LogP contribution is -2.53. The van der Waals surface area contributed by atoms with Crippen LogP contribution in [0.4, 0.5) is 9.18 Å². The Bertz CT molecular complexity index is 1330. The molecule has 0 bridgehead atoms. The molecule has 3 aliphatic heterocycles. The van der Waals surface area contributed by atoms with Gasteiger partial charge in [0.15, 0.2) is 0 Å². The monoisotopic (exact) mass is 512 g/mol. The quantitative estimate of drug-likeness (QED) is 0.538. The van der Waals surface area contributed by atoms with E-state index in [4.69, 9.17) is 11.6 Å². The number of rotatable bonds is 5. The van der Waals surface area contributed by atoms with Crippen molar-refractivity contribution in [2.75, 3.05) is 26.2 Å². The molecule has 4 aliphatic rings. The van der Waals surface area contributed by atoms with Crippen molar-refractivity contribution < 1.29 is 19.1 Å². The molecule has 7 nitrogen and oxygen atoms in total. The summed E-state index contributed by atoms with van der Waals surface area (Å²) in [7, 11) is 0. The first-order valence-electron chi connectivity index (χ1n) is 12.7. The van der Waals surface area contributed by atoms with Crippen LogP contribution in [0.25, 0.3) is 10.9 Å². The van der Waals surface area contributed by atoms with E-state index in [2.05, 4.69) is 9.88 Å². The Hall–Kier alpha value is -2.84. The number of allylic oxidation sites excluding steroid dienone is 2. The van der Waals surface area contributed by atoms with Gasteiger partial charge < -0.3 is 15.0 Å². The molecule has 6 rings (SSSR count). The van der Waals surface area contributed by atoms with Gasteiger partial charge in [0.05, 0.1) is 10.8 Å². The van der Waals surface area contributed by atoms with Crippen molar-refractivity contribution in [2.24, 2.45) is 0 Å². The third-order valence-corrected chi connectivity index (χ3v) is 8.48. The van der Waals surface area contributed by atoms with Crippen LogP contribution < -0.4 is 0 Å². The van der Waals surface area contributed by atoms with E-state index in [9.17, 15) is 19.1 Å². The van der Waals surface area contributed by atoms with Crippen molar-refractivity contribution in [3.8, 4) is 0 Å². The van der Waals surface area contributed by atoms with Crippen LogP contribution in [0.15, 0.2) is 35.6 Å². The van der Waals surface area contributed by atoms with Gasteiger partial charge in [-0.2, -0.15) is 0 Å². The van der Waals surface area contributed by atoms with Crippen LogP contribution >= 0.6 is 11.6 Å².